The molecule has 6 heteroatoms. The molecule has 0 saturated carbocycles. The van der Waals surface area contributed by atoms with Gasteiger partial charge in [-0.3, -0.25) is 9.69 Å². The number of nitrogens with zero attached hydrogens (tertiary/aromatic N) is 4. The molecule has 4 aromatic rings. The number of aryl methyl sites for hydroxylation is 1. The molecular formula is C31H39N5O. The highest BCUT2D eigenvalue weighted by Crippen LogP contribution is 2.30. The van der Waals surface area contributed by atoms with E-state index in [1.54, 1.807) is 6.07 Å². The molecule has 1 fully saturated rings. The fourth-order valence-electron chi connectivity index (χ4n) is 5.12. The number of fused-ring (bicyclic) bond motifs is 1. The summed E-state index contributed by atoms with van der Waals surface area (Å²) < 4.78 is 1.86. The summed E-state index contributed by atoms with van der Waals surface area (Å²) in [4.78, 5) is 25.7. The number of piperazine rings is 1. The number of unbranched alkanes of at least 4 members (excludes halogenated alkanes) is 1. The third-order valence-corrected chi connectivity index (χ3v) is 7.43. The van der Waals surface area contributed by atoms with E-state index in [0.717, 1.165) is 74.5 Å². The molecule has 0 atom stereocenters. The highest BCUT2D eigenvalue weighted by molar-refractivity contribution is 5.91. The normalized spacial score (nSPS) is 15.0. The van der Waals surface area contributed by atoms with Crippen LogP contribution in [0.15, 0.2) is 65.6 Å². The fourth-order valence-corrected chi connectivity index (χ4v) is 5.12. The topological polar surface area (TPSA) is 57.2 Å². The van der Waals surface area contributed by atoms with Crippen molar-refractivity contribution in [1.29, 1.82) is 0 Å². The van der Waals surface area contributed by atoms with Gasteiger partial charge in [-0.15, -0.1) is 0 Å². The van der Waals surface area contributed by atoms with Crippen molar-refractivity contribution in [1.82, 2.24) is 19.4 Å². The quantitative estimate of drug-likeness (QED) is 0.350. The van der Waals surface area contributed by atoms with Crippen LogP contribution < -0.4 is 10.5 Å². The lowest BCUT2D eigenvalue weighted by atomic mass is 9.87. The molecular weight excluding hydrogens is 458 g/mol. The molecule has 0 radical (unpaired) electrons. The number of hydrogen-bond donors (Lipinski definition) is 1. The molecule has 0 amide bonds. The van der Waals surface area contributed by atoms with Gasteiger partial charge in [0.2, 0.25) is 0 Å². The Morgan fingerprint density at radius 3 is 2.41 bits per heavy atom. The number of anilines is 1. The molecule has 1 N–H and O–H groups in total. The third-order valence-electron chi connectivity index (χ3n) is 7.43. The molecule has 0 spiro atoms. The second kappa shape index (κ2) is 10.5. The van der Waals surface area contributed by atoms with E-state index in [2.05, 4.69) is 84.9 Å². The number of nitrogens with one attached hydrogen (secondary N) is 1. The average Bonchev–Trinajstić information content (AvgIpc) is 3.34. The second-order valence-corrected chi connectivity index (χ2v) is 11.3. The van der Waals surface area contributed by atoms with E-state index in [4.69, 9.17) is 4.98 Å². The van der Waals surface area contributed by atoms with Crippen LogP contribution in [0, 0.1) is 0 Å². The van der Waals surface area contributed by atoms with Gasteiger partial charge in [-0.1, -0.05) is 70.5 Å². The van der Waals surface area contributed by atoms with Crippen LogP contribution in [0.2, 0.25) is 0 Å². The van der Waals surface area contributed by atoms with Crippen molar-refractivity contribution in [2.45, 2.75) is 59.0 Å². The molecule has 1 saturated heterocycles. The number of rotatable bonds is 7. The summed E-state index contributed by atoms with van der Waals surface area (Å²) in [5.74, 6) is 0.916. The van der Waals surface area contributed by atoms with Crippen molar-refractivity contribution in [3.8, 4) is 11.4 Å². The molecule has 3 heterocycles. The smallest absolute Gasteiger partial charge is 0.250 e. The maximum Gasteiger partial charge on any atom is 0.250 e. The molecule has 37 heavy (non-hydrogen) atoms. The van der Waals surface area contributed by atoms with Crippen LogP contribution in [-0.4, -0.2) is 45.6 Å². The zero-order valence-electron chi connectivity index (χ0n) is 22.6. The first-order valence-corrected chi connectivity index (χ1v) is 13.6. The maximum absolute atomic E-state index is 12.2. The van der Waals surface area contributed by atoms with Crippen LogP contribution >= 0.6 is 0 Å². The molecule has 194 valence electrons. The SMILES string of the molecule is CCCCn1cc(CN2CCN(c3cccc4[nH]c(-c5ccc(C(C)(C)C)cc5)nc34)CC2)ccc1=O. The van der Waals surface area contributed by atoms with Crippen LogP contribution in [0.5, 0.6) is 0 Å². The zero-order valence-corrected chi connectivity index (χ0v) is 22.6. The maximum atomic E-state index is 12.2. The van der Waals surface area contributed by atoms with Crippen molar-refractivity contribution in [2.75, 3.05) is 31.1 Å². The van der Waals surface area contributed by atoms with Gasteiger partial charge in [-0.25, -0.2) is 4.98 Å². The molecule has 1 aliphatic heterocycles. The van der Waals surface area contributed by atoms with Gasteiger partial charge in [-0.2, -0.15) is 0 Å². The Hall–Kier alpha value is -3.38. The Labute approximate surface area is 220 Å². The fraction of sp³-hybridized carbons (Fsp3) is 0.419. The predicted molar refractivity (Wildman–Crippen MR) is 153 cm³/mol. The number of aromatic nitrogens is 3. The Morgan fingerprint density at radius 2 is 1.70 bits per heavy atom. The number of imidazole rings is 1. The minimum Gasteiger partial charge on any atom is -0.367 e. The molecule has 0 aliphatic carbocycles. The Kier molecular flexibility index (Phi) is 7.20. The molecule has 0 unspecified atom stereocenters. The molecule has 2 aromatic heterocycles. The van der Waals surface area contributed by atoms with Crippen LogP contribution in [0.25, 0.3) is 22.4 Å². The second-order valence-electron chi connectivity index (χ2n) is 11.3. The lowest BCUT2D eigenvalue weighted by molar-refractivity contribution is 0.249. The highest BCUT2D eigenvalue weighted by Gasteiger charge is 2.21. The van der Waals surface area contributed by atoms with Crippen LogP contribution in [-0.2, 0) is 18.5 Å². The summed E-state index contributed by atoms with van der Waals surface area (Å²) in [7, 11) is 0. The Bertz CT molecular complexity index is 1400. The Morgan fingerprint density at radius 1 is 0.946 bits per heavy atom. The van der Waals surface area contributed by atoms with Gasteiger partial charge in [-0.05, 0) is 35.1 Å². The zero-order chi connectivity index (χ0) is 26.0. The van der Waals surface area contributed by atoms with Crippen LogP contribution in [0.3, 0.4) is 0 Å². The monoisotopic (exact) mass is 497 g/mol. The summed E-state index contributed by atoms with van der Waals surface area (Å²) in [6, 6.07) is 18.9. The van der Waals surface area contributed by atoms with Crippen molar-refractivity contribution < 1.29 is 0 Å². The minimum absolute atomic E-state index is 0.0960. The Balaban J connectivity index is 1.28. The third kappa shape index (κ3) is 5.64. The van der Waals surface area contributed by atoms with Gasteiger partial charge in [0.25, 0.3) is 5.56 Å². The van der Waals surface area contributed by atoms with E-state index in [9.17, 15) is 4.79 Å². The van der Waals surface area contributed by atoms with E-state index in [1.165, 1.54) is 16.8 Å². The highest BCUT2D eigenvalue weighted by atomic mass is 16.1. The average molecular weight is 498 g/mol. The number of H-pyrrole nitrogens is 1. The standard InChI is InChI=1S/C31H39N5O/c1-5-6-16-36-22-23(10-15-28(36)37)21-34-17-19-35(20-18-34)27-9-7-8-26-29(27)33-30(32-26)24-11-13-25(14-12-24)31(2,3)4/h7-15,22H,5-6,16-21H2,1-4H3,(H,32,33). The first-order valence-electron chi connectivity index (χ1n) is 13.6. The van der Waals surface area contributed by atoms with Gasteiger partial charge in [0.1, 0.15) is 11.3 Å². The number of para-hydroxylation sites is 1. The van der Waals surface area contributed by atoms with Gasteiger partial charge in [0.15, 0.2) is 0 Å². The van der Waals surface area contributed by atoms with E-state index < -0.39 is 0 Å². The first kappa shape index (κ1) is 25.3. The molecule has 2 aromatic carbocycles. The number of pyridine rings is 1. The summed E-state index contributed by atoms with van der Waals surface area (Å²) in [5.41, 5.74) is 7.18. The first-order chi connectivity index (χ1) is 17.8. The molecule has 0 bridgehead atoms. The van der Waals surface area contributed by atoms with Crippen molar-refractivity contribution >= 4 is 16.7 Å². The van der Waals surface area contributed by atoms with Crippen molar-refractivity contribution in [2.24, 2.45) is 0 Å². The van der Waals surface area contributed by atoms with E-state index >= 15 is 0 Å². The minimum atomic E-state index is 0.0960. The largest absolute Gasteiger partial charge is 0.367 e. The summed E-state index contributed by atoms with van der Waals surface area (Å²) >= 11 is 0. The van der Waals surface area contributed by atoms with Crippen LogP contribution in [0.4, 0.5) is 5.69 Å². The van der Waals surface area contributed by atoms with E-state index in [1.807, 2.05) is 16.8 Å². The van der Waals surface area contributed by atoms with Gasteiger partial charge >= 0.3 is 0 Å². The predicted octanol–water partition coefficient (Wildman–Crippen LogP) is 5.81. The van der Waals surface area contributed by atoms with Crippen molar-refractivity contribution in [3.63, 3.8) is 0 Å². The lowest BCUT2D eigenvalue weighted by Gasteiger charge is -2.36. The molecule has 5 rings (SSSR count). The number of aromatic amines is 1. The van der Waals surface area contributed by atoms with Gasteiger partial charge in [0, 0.05) is 57.1 Å². The van der Waals surface area contributed by atoms with E-state index in [0.29, 0.717) is 0 Å². The van der Waals surface area contributed by atoms with Crippen molar-refractivity contribution in [3.05, 3.63) is 82.3 Å². The van der Waals surface area contributed by atoms with Gasteiger partial charge in [0.05, 0.1) is 11.2 Å². The summed E-state index contributed by atoms with van der Waals surface area (Å²) in [6.45, 7) is 14.4. The number of benzene rings is 2. The number of hydrogen-bond acceptors (Lipinski definition) is 4. The molecule has 6 nitrogen and oxygen atoms in total. The summed E-state index contributed by atoms with van der Waals surface area (Å²) in [5, 5.41) is 0. The van der Waals surface area contributed by atoms with Gasteiger partial charge < -0.3 is 14.5 Å². The van der Waals surface area contributed by atoms with Crippen LogP contribution in [0.1, 0.15) is 51.7 Å². The van der Waals surface area contributed by atoms with E-state index in [-0.39, 0.29) is 11.0 Å². The molecule has 1 aliphatic rings. The summed E-state index contributed by atoms with van der Waals surface area (Å²) in [6.07, 6.45) is 4.17. The lowest BCUT2D eigenvalue weighted by Crippen LogP contribution is -2.46.